The lowest BCUT2D eigenvalue weighted by atomic mass is 10.2. The summed E-state index contributed by atoms with van der Waals surface area (Å²) in [6, 6.07) is 11.0. The summed E-state index contributed by atoms with van der Waals surface area (Å²) in [4.78, 5) is 22.2. The van der Waals surface area contributed by atoms with E-state index in [1.54, 1.807) is 0 Å². The Balaban J connectivity index is 1.85. The number of nitrogens with zero attached hydrogens (tertiary/aromatic N) is 1. The Hall–Kier alpha value is -3.14. The highest BCUT2D eigenvalue weighted by molar-refractivity contribution is 7.90. The lowest BCUT2D eigenvalue weighted by Gasteiger charge is -2.10. The third-order valence-electron chi connectivity index (χ3n) is 3.75. The molecule has 1 amide bonds. The van der Waals surface area contributed by atoms with E-state index in [0.29, 0.717) is 5.75 Å². The number of hydrogen-bond acceptors (Lipinski definition) is 7. The number of ether oxygens (including phenoxy) is 1. The number of rotatable bonds is 9. The average molecular weight is 407 g/mol. The van der Waals surface area contributed by atoms with E-state index in [1.807, 2.05) is 31.2 Å². The second-order valence-corrected chi connectivity index (χ2v) is 8.09. The standard InChI is InChI=1S/C18H21N3O6S/c1-13-3-5-14(6-4-13)27-10-9-19-18(22)12-20-16-8-7-15(28(2,25)26)11-17(16)21(23)24/h3-8,11,20H,9-10,12H2,1-2H3,(H,19,22). The van der Waals surface area contributed by atoms with E-state index in [-0.39, 0.29) is 36.2 Å². The molecule has 0 bridgehead atoms. The maximum absolute atomic E-state index is 11.9. The molecule has 150 valence electrons. The van der Waals surface area contributed by atoms with Crippen LogP contribution in [0.2, 0.25) is 0 Å². The zero-order chi connectivity index (χ0) is 20.7. The number of benzene rings is 2. The van der Waals surface area contributed by atoms with Crippen molar-refractivity contribution in [1.29, 1.82) is 0 Å². The minimum absolute atomic E-state index is 0.0588. The third kappa shape index (κ3) is 6.23. The number of hydrogen-bond donors (Lipinski definition) is 2. The quantitative estimate of drug-likeness (QED) is 0.369. The van der Waals surface area contributed by atoms with Crippen LogP contribution in [0.15, 0.2) is 47.4 Å². The molecule has 28 heavy (non-hydrogen) atoms. The molecule has 0 aliphatic rings. The topological polar surface area (TPSA) is 128 Å². The van der Waals surface area contributed by atoms with Crippen LogP contribution in [0.3, 0.4) is 0 Å². The molecular formula is C18H21N3O6S. The zero-order valence-electron chi connectivity index (χ0n) is 15.5. The van der Waals surface area contributed by atoms with Gasteiger partial charge in [0.2, 0.25) is 5.91 Å². The van der Waals surface area contributed by atoms with Crippen LogP contribution in [-0.4, -0.2) is 45.2 Å². The van der Waals surface area contributed by atoms with Crippen molar-refractivity contribution in [2.24, 2.45) is 0 Å². The fourth-order valence-corrected chi connectivity index (χ4v) is 2.92. The van der Waals surface area contributed by atoms with Gasteiger partial charge in [-0.1, -0.05) is 17.7 Å². The smallest absolute Gasteiger partial charge is 0.293 e. The highest BCUT2D eigenvalue weighted by atomic mass is 32.2. The number of aryl methyl sites for hydroxylation is 1. The van der Waals surface area contributed by atoms with Crippen molar-refractivity contribution in [2.45, 2.75) is 11.8 Å². The summed E-state index contributed by atoms with van der Waals surface area (Å²) in [5, 5.41) is 16.4. The molecule has 0 atom stereocenters. The summed E-state index contributed by atoms with van der Waals surface area (Å²) in [7, 11) is -3.57. The summed E-state index contributed by atoms with van der Waals surface area (Å²) in [6.07, 6.45) is 0.964. The Morgan fingerprint density at radius 1 is 1.18 bits per heavy atom. The zero-order valence-corrected chi connectivity index (χ0v) is 16.3. The van der Waals surface area contributed by atoms with Gasteiger partial charge in [0.05, 0.1) is 22.9 Å². The van der Waals surface area contributed by atoms with E-state index in [2.05, 4.69) is 10.6 Å². The van der Waals surface area contributed by atoms with Gasteiger partial charge in [-0.25, -0.2) is 8.42 Å². The summed E-state index contributed by atoms with van der Waals surface area (Å²) < 4.78 is 28.6. The lowest BCUT2D eigenvalue weighted by Crippen LogP contribution is -2.33. The number of nitro groups is 1. The van der Waals surface area contributed by atoms with Crippen LogP contribution >= 0.6 is 0 Å². The van der Waals surface area contributed by atoms with Crippen molar-refractivity contribution < 1.29 is 22.9 Å². The minimum Gasteiger partial charge on any atom is -0.492 e. The molecule has 0 aliphatic carbocycles. The number of anilines is 1. The molecule has 0 aromatic heterocycles. The van der Waals surface area contributed by atoms with E-state index < -0.39 is 20.4 Å². The van der Waals surface area contributed by atoms with Crippen molar-refractivity contribution in [3.8, 4) is 5.75 Å². The number of amides is 1. The first-order valence-electron chi connectivity index (χ1n) is 8.35. The minimum atomic E-state index is -3.57. The molecule has 2 aromatic carbocycles. The number of carbonyl (C=O) groups excluding carboxylic acids is 1. The van der Waals surface area contributed by atoms with Crippen LogP contribution < -0.4 is 15.4 Å². The Morgan fingerprint density at radius 2 is 1.86 bits per heavy atom. The SMILES string of the molecule is Cc1ccc(OCCNC(=O)CNc2ccc(S(C)(=O)=O)cc2[N+](=O)[O-])cc1. The molecule has 0 fully saturated rings. The molecule has 2 rings (SSSR count). The third-order valence-corrected chi connectivity index (χ3v) is 4.86. The van der Waals surface area contributed by atoms with Crippen molar-refractivity contribution in [1.82, 2.24) is 5.32 Å². The molecule has 10 heteroatoms. The normalized spacial score (nSPS) is 10.9. The van der Waals surface area contributed by atoms with E-state index in [0.717, 1.165) is 17.9 Å². The predicted molar refractivity (Wildman–Crippen MR) is 104 cm³/mol. The van der Waals surface area contributed by atoms with Crippen LogP contribution in [-0.2, 0) is 14.6 Å². The molecule has 0 aliphatic heterocycles. The summed E-state index contributed by atoms with van der Waals surface area (Å²) in [5.74, 6) is 0.313. The highest BCUT2D eigenvalue weighted by Gasteiger charge is 2.19. The van der Waals surface area contributed by atoms with Crippen LogP contribution in [0.5, 0.6) is 5.75 Å². The number of nitro benzene ring substituents is 1. The second-order valence-electron chi connectivity index (χ2n) is 6.07. The molecule has 0 saturated carbocycles. The molecule has 0 heterocycles. The van der Waals surface area contributed by atoms with Gasteiger partial charge < -0.3 is 15.4 Å². The van der Waals surface area contributed by atoms with Crippen molar-refractivity contribution in [3.63, 3.8) is 0 Å². The number of nitrogens with one attached hydrogen (secondary N) is 2. The Morgan fingerprint density at radius 3 is 2.46 bits per heavy atom. The lowest BCUT2D eigenvalue weighted by molar-refractivity contribution is -0.384. The van der Waals surface area contributed by atoms with Gasteiger partial charge in [-0.05, 0) is 31.2 Å². The predicted octanol–water partition coefficient (Wildman–Crippen LogP) is 1.91. The largest absolute Gasteiger partial charge is 0.492 e. The van der Waals surface area contributed by atoms with Gasteiger partial charge in [-0.2, -0.15) is 0 Å². The van der Waals surface area contributed by atoms with Crippen molar-refractivity contribution in [3.05, 3.63) is 58.1 Å². The molecule has 0 unspecified atom stereocenters. The van der Waals surface area contributed by atoms with E-state index in [1.165, 1.54) is 12.1 Å². The molecule has 0 radical (unpaired) electrons. The molecule has 0 spiro atoms. The highest BCUT2D eigenvalue weighted by Crippen LogP contribution is 2.27. The van der Waals surface area contributed by atoms with Gasteiger partial charge in [-0.15, -0.1) is 0 Å². The molecule has 2 N–H and O–H groups in total. The number of sulfone groups is 1. The van der Waals surface area contributed by atoms with Crippen molar-refractivity contribution >= 4 is 27.1 Å². The summed E-state index contributed by atoms with van der Waals surface area (Å²) in [6.45, 7) is 2.31. The van der Waals surface area contributed by atoms with Gasteiger partial charge in [-0.3, -0.25) is 14.9 Å². The van der Waals surface area contributed by atoms with E-state index >= 15 is 0 Å². The van der Waals surface area contributed by atoms with Crippen LogP contribution in [0.25, 0.3) is 0 Å². The van der Waals surface area contributed by atoms with Gasteiger partial charge >= 0.3 is 0 Å². The number of carbonyl (C=O) groups is 1. The summed E-state index contributed by atoms with van der Waals surface area (Å²) in [5.41, 5.74) is 0.757. The van der Waals surface area contributed by atoms with Gasteiger partial charge in [0.25, 0.3) is 5.69 Å². The van der Waals surface area contributed by atoms with Crippen LogP contribution in [0.1, 0.15) is 5.56 Å². The first-order chi connectivity index (χ1) is 13.2. The average Bonchev–Trinajstić information content (AvgIpc) is 2.64. The van der Waals surface area contributed by atoms with Crippen molar-refractivity contribution in [2.75, 3.05) is 31.3 Å². The molecular weight excluding hydrogens is 386 g/mol. The van der Waals surface area contributed by atoms with Crippen LogP contribution in [0, 0.1) is 17.0 Å². The van der Waals surface area contributed by atoms with E-state index in [9.17, 15) is 23.3 Å². The Labute approximate surface area is 162 Å². The molecule has 9 nitrogen and oxygen atoms in total. The van der Waals surface area contributed by atoms with Gasteiger partial charge in [0, 0.05) is 12.3 Å². The molecule has 0 saturated heterocycles. The Bertz CT molecular complexity index is 958. The first kappa shape index (κ1) is 21.2. The first-order valence-corrected chi connectivity index (χ1v) is 10.2. The molecule has 2 aromatic rings. The fraction of sp³-hybridized carbons (Fsp3) is 0.278. The summed E-state index contributed by atoms with van der Waals surface area (Å²) >= 11 is 0. The second kappa shape index (κ2) is 9.18. The maximum atomic E-state index is 11.9. The Kier molecular flexibility index (Phi) is 6.94. The van der Waals surface area contributed by atoms with Gasteiger partial charge in [0.15, 0.2) is 9.84 Å². The fourth-order valence-electron chi connectivity index (χ4n) is 2.27. The van der Waals surface area contributed by atoms with Crippen LogP contribution in [0.4, 0.5) is 11.4 Å². The van der Waals surface area contributed by atoms with E-state index in [4.69, 9.17) is 4.74 Å². The monoisotopic (exact) mass is 407 g/mol. The maximum Gasteiger partial charge on any atom is 0.293 e. The van der Waals surface area contributed by atoms with Gasteiger partial charge in [0.1, 0.15) is 18.0 Å².